The fraction of sp³-hybridized carbons (Fsp3) is 0.450. The summed E-state index contributed by atoms with van der Waals surface area (Å²) >= 11 is 6.12. The lowest BCUT2D eigenvalue weighted by Gasteiger charge is -2.21. The second-order valence-corrected chi connectivity index (χ2v) is 7.79. The highest BCUT2D eigenvalue weighted by Crippen LogP contribution is 2.27. The summed E-state index contributed by atoms with van der Waals surface area (Å²) in [4.78, 5) is 14.0. The van der Waals surface area contributed by atoms with E-state index in [9.17, 15) is 0 Å². The molecular weight excluding hydrogens is 360 g/mol. The van der Waals surface area contributed by atoms with Crippen LogP contribution in [-0.2, 0) is 0 Å². The maximum Gasteiger partial charge on any atom is 0.227 e. The van der Waals surface area contributed by atoms with Gasteiger partial charge in [0.1, 0.15) is 0 Å². The Morgan fingerprint density at radius 1 is 1.15 bits per heavy atom. The lowest BCUT2D eigenvalue weighted by atomic mass is 10.0. The van der Waals surface area contributed by atoms with E-state index < -0.39 is 0 Å². The molecule has 0 bridgehead atoms. The predicted molar refractivity (Wildman–Crippen MR) is 113 cm³/mol. The maximum atomic E-state index is 6.12. The molecule has 2 aromatic heterocycles. The molecule has 0 amide bonds. The summed E-state index contributed by atoms with van der Waals surface area (Å²) in [7, 11) is 0. The summed E-state index contributed by atoms with van der Waals surface area (Å²) in [6, 6.07) is 8.12. The Labute approximate surface area is 165 Å². The molecular formula is C20H27ClN6. The van der Waals surface area contributed by atoms with Crippen LogP contribution in [0.2, 0.25) is 5.02 Å². The number of benzene rings is 1. The van der Waals surface area contributed by atoms with Gasteiger partial charge in [0.05, 0.1) is 6.33 Å². The second-order valence-electron chi connectivity index (χ2n) is 7.35. The molecule has 3 rings (SSSR count). The Kier molecular flexibility index (Phi) is 5.85. The lowest BCUT2D eigenvalue weighted by molar-refractivity contribution is 0.508. The van der Waals surface area contributed by atoms with E-state index in [1.54, 1.807) is 0 Å². The van der Waals surface area contributed by atoms with E-state index in [4.69, 9.17) is 21.6 Å². The van der Waals surface area contributed by atoms with Crippen LogP contribution in [0, 0.1) is 5.92 Å². The summed E-state index contributed by atoms with van der Waals surface area (Å²) < 4.78 is 2.06. The summed E-state index contributed by atoms with van der Waals surface area (Å²) in [6.07, 6.45) is 2.82. The monoisotopic (exact) mass is 386 g/mol. The molecule has 7 heteroatoms. The second kappa shape index (κ2) is 8.13. The van der Waals surface area contributed by atoms with E-state index in [1.807, 2.05) is 30.6 Å². The third-order valence-corrected chi connectivity index (χ3v) is 4.86. The van der Waals surface area contributed by atoms with Crippen LogP contribution in [0.1, 0.15) is 47.1 Å². The van der Waals surface area contributed by atoms with Crippen molar-refractivity contribution >= 4 is 40.2 Å². The molecule has 1 aromatic carbocycles. The summed E-state index contributed by atoms with van der Waals surface area (Å²) in [5.41, 5.74) is 2.42. The van der Waals surface area contributed by atoms with Gasteiger partial charge in [-0.1, -0.05) is 38.4 Å². The van der Waals surface area contributed by atoms with Crippen molar-refractivity contribution in [2.24, 2.45) is 5.92 Å². The van der Waals surface area contributed by atoms with Gasteiger partial charge in [-0.05, 0) is 44.4 Å². The van der Waals surface area contributed by atoms with Gasteiger partial charge in [0.25, 0.3) is 0 Å². The van der Waals surface area contributed by atoms with Crippen molar-refractivity contribution < 1.29 is 0 Å². The molecule has 0 aliphatic heterocycles. The smallest absolute Gasteiger partial charge is 0.227 e. The normalized spacial score (nSPS) is 12.7. The molecule has 0 fully saturated rings. The fourth-order valence-electron chi connectivity index (χ4n) is 3.06. The Morgan fingerprint density at radius 2 is 1.93 bits per heavy atom. The van der Waals surface area contributed by atoms with E-state index in [1.165, 1.54) is 0 Å². The first-order chi connectivity index (χ1) is 12.9. The Bertz CT molecular complexity index is 918. The quantitative estimate of drug-likeness (QED) is 0.549. The number of hydrogen-bond acceptors (Lipinski definition) is 5. The number of hydrogen-bond donors (Lipinski definition) is 2. The molecule has 0 spiro atoms. The van der Waals surface area contributed by atoms with Crippen molar-refractivity contribution in [3.05, 3.63) is 35.6 Å². The average Bonchev–Trinajstić information content (AvgIpc) is 3.04. The van der Waals surface area contributed by atoms with Gasteiger partial charge in [-0.25, -0.2) is 4.98 Å². The van der Waals surface area contributed by atoms with Gasteiger partial charge < -0.3 is 15.2 Å². The third-order valence-electron chi connectivity index (χ3n) is 4.62. The van der Waals surface area contributed by atoms with Gasteiger partial charge in [-0.2, -0.15) is 9.97 Å². The van der Waals surface area contributed by atoms with Gasteiger partial charge in [0.15, 0.2) is 17.0 Å². The van der Waals surface area contributed by atoms with E-state index in [0.717, 1.165) is 23.3 Å². The third kappa shape index (κ3) is 4.33. The molecule has 2 N–H and O–H groups in total. The lowest BCUT2D eigenvalue weighted by Crippen LogP contribution is -2.26. The highest BCUT2D eigenvalue weighted by atomic mass is 35.5. The first kappa shape index (κ1) is 19.4. The highest BCUT2D eigenvalue weighted by Gasteiger charge is 2.18. The molecule has 0 aliphatic carbocycles. The van der Waals surface area contributed by atoms with E-state index in [0.29, 0.717) is 28.7 Å². The number of rotatable bonds is 7. The van der Waals surface area contributed by atoms with Gasteiger partial charge in [0, 0.05) is 22.8 Å². The predicted octanol–water partition coefficient (Wildman–Crippen LogP) is 5.65. The van der Waals surface area contributed by atoms with Crippen LogP contribution in [0.4, 0.5) is 17.5 Å². The Balaban J connectivity index is 2.07. The number of aromatic nitrogens is 4. The molecule has 0 saturated heterocycles. The summed E-state index contributed by atoms with van der Waals surface area (Å²) in [5.74, 6) is 1.76. The number of fused-ring (bicyclic) bond motifs is 1. The van der Waals surface area contributed by atoms with Crippen molar-refractivity contribution in [3.8, 4) is 0 Å². The maximum absolute atomic E-state index is 6.12. The number of nitrogens with zero attached hydrogens (tertiary/aromatic N) is 4. The van der Waals surface area contributed by atoms with Crippen molar-refractivity contribution in [3.63, 3.8) is 0 Å². The van der Waals surface area contributed by atoms with Gasteiger partial charge in [0.2, 0.25) is 5.95 Å². The van der Waals surface area contributed by atoms with Crippen LogP contribution in [0.15, 0.2) is 30.6 Å². The van der Waals surface area contributed by atoms with Gasteiger partial charge in [-0.15, -0.1) is 0 Å². The largest absolute Gasteiger partial charge is 0.351 e. The first-order valence-corrected chi connectivity index (χ1v) is 9.80. The average molecular weight is 387 g/mol. The van der Waals surface area contributed by atoms with Crippen LogP contribution in [-0.4, -0.2) is 25.6 Å². The number of anilines is 3. The number of imidazole rings is 1. The SMILES string of the molecule is CCC(Nc1nc(Nc2cccc(Cl)c2)c2ncn(C(C)C)c2n1)C(C)C. The van der Waals surface area contributed by atoms with Crippen molar-refractivity contribution in [2.45, 2.75) is 53.1 Å². The zero-order chi connectivity index (χ0) is 19.6. The van der Waals surface area contributed by atoms with Crippen LogP contribution < -0.4 is 10.6 Å². The minimum Gasteiger partial charge on any atom is -0.351 e. The number of halogens is 1. The zero-order valence-electron chi connectivity index (χ0n) is 16.5. The molecule has 3 aromatic rings. The molecule has 2 heterocycles. The number of nitrogens with one attached hydrogen (secondary N) is 2. The molecule has 0 radical (unpaired) electrons. The minimum absolute atomic E-state index is 0.254. The van der Waals surface area contributed by atoms with Crippen LogP contribution >= 0.6 is 11.6 Å². The van der Waals surface area contributed by atoms with E-state index in [2.05, 4.69) is 54.8 Å². The fourth-order valence-corrected chi connectivity index (χ4v) is 3.25. The van der Waals surface area contributed by atoms with Crippen molar-refractivity contribution in [1.82, 2.24) is 19.5 Å². The molecule has 6 nitrogen and oxygen atoms in total. The molecule has 0 aliphatic rings. The highest BCUT2D eigenvalue weighted by molar-refractivity contribution is 6.30. The topological polar surface area (TPSA) is 67.7 Å². The van der Waals surface area contributed by atoms with Crippen molar-refractivity contribution in [1.29, 1.82) is 0 Å². The molecule has 0 saturated carbocycles. The zero-order valence-corrected chi connectivity index (χ0v) is 17.2. The van der Waals surface area contributed by atoms with Gasteiger partial charge in [-0.3, -0.25) is 0 Å². The summed E-state index contributed by atoms with van der Waals surface area (Å²) in [6.45, 7) is 10.8. The molecule has 1 unspecified atom stereocenters. The van der Waals surface area contributed by atoms with Crippen LogP contribution in [0.3, 0.4) is 0 Å². The van der Waals surface area contributed by atoms with E-state index in [-0.39, 0.29) is 6.04 Å². The van der Waals surface area contributed by atoms with Crippen molar-refractivity contribution in [2.75, 3.05) is 10.6 Å². The van der Waals surface area contributed by atoms with Crippen LogP contribution in [0.25, 0.3) is 11.2 Å². The molecule has 144 valence electrons. The first-order valence-electron chi connectivity index (χ1n) is 9.42. The van der Waals surface area contributed by atoms with E-state index >= 15 is 0 Å². The summed E-state index contributed by atoms with van der Waals surface area (Å²) in [5, 5.41) is 7.50. The Morgan fingerprint density at radius 3 is 2.56 bits per heavy atom. The molecule has 27 heavy (non-hydrogen) atoms. The minimum atomic E-state index is 0.254. The van der Waals surface area contributed by atoms with Crippen LogP contribution in [0.5, 0.6) is 0 Å². The van der Waals surface area contributed by atoms with Gasteiger partial charge >= 0.3 is 0 Å². The molecule has 1 atom stereocenters. The Hall–Kier alpha value is -2.34. The standard InChI is InChI=1S/C20H27ClN6/c1-6-16(12(2)3)24-20-25-18(23-15-9-7-8-14(21)10-15)17-19(26-20)27(11-22-17)13(4)5/h7-13,16H,6H2,1-5H3,(H2,23,24,25,26).